The fraction of sp³-hybridized carbons (Fsp3) is 0.500. The highest BCUT2D eigenvalue weighted by Gasteiger charge is 2.29. The molecule has 0 saturated carbocycles. The van der Waals surface area contributed by atoms with Crippen molar-refractivity contribution in [3.05, 3.63) is 48.0 Å². The van der Waals surface area contributed by atoms with Gasteiger partial charge in [0.25, 0.3) is 0 Å². The fourth-order valence-electron chi connectivity index (χ4n) is 3.67. The summed E-state index contributed by atoms with van der Waals surface area (Å²) in [7, 11) is 0. The van der Waals surface area contributed by atoms with Gasteiger partial charge in [-0.15, -0.1) is 0 Å². The van der Waals surface area contributed by atoms with Crippen LogP contribution in [-0.2, 0) is 17.6 Å². The van der Waals surface area contributed by atoms with Crippen LogP contribution in [0.2, 0.25) is 0 Å². The minimum absolute atomic E-state index is 0.118. The van der Waals surface area contributed by atoms with Gasteiger partial charge < -0.3 is 13.8 Å². The molecule has 4 heterocycles. The first-order valence-electron chi connectivity index (χ1n) is 9.61. The first-order valence-corrected chi connectivity index (χ1v) is 9.61. The minimum atomic E-state index is 0.118. The summed E-state index contributed by atoms with van der Waals surface area (Å²) in [6.45, 7) is 5.69. The third-order valence-corrected chi connectivity index (χ3v) is 5.02. The second kappa shape index (κ2) is 7.50. The van der Waals surface area contributed by atoms with Crippen molar-refractivity contribution in [2.45, 2.75) is 45.4 Å². The van der Waals surface area contributed by atoms with Gasteiger partial charge in [-0.2, -0.15) is 4.98 Å². The van der Waals surface area contributed by atoms with E-state index in [0.29, 0.717) is 24.8 Å². The standard InChI is InChI=1S/C20H25N5O2/c1-14(2)10-17-22-20(27-23-17)15-6-5-8-24(13-15)19(26)11-16-12-21-18-7-3-4-9-25(16)18/h3-4,7,9,12,14-15H,5-6,8,10-11,13H2,1-2H3/t15-/m0/s1. The Balaban J connectivity index is 1.43. The Hall–Kier alpha value is -2.70. The van der Waals surface area contributed by atoms with Gasteiger partial charge in [0.2, 0.25) is 11.8 Å². The van der Waals surface area contributed by atoms with Crippen LogP contribution in [0.5, 0.6) is 0 Å². The summed E-state index contributed by atoms with van der Waals surface area (Å²) in [4.78, 5) is 23.7. The van der Waals surface area contributed by atoms with Crippen LogP contribution in [0, 0.1) is 5.92 Å². The molecular weight excluding hydrogens is 342 g/mol. The maximum atomic E-state index is 12.9. The van der Waals surface area contributed by atoms with Gasteiger partial charge in [0.05, 0.1) is 18.0 Å². The van der Waals surface area contributed by atoms with Crippen molar-refractivity contribution in [1.82, 2.24) is 24.4 Å². The highest BCUT2D eigenvalue weighted by molar-refractivity contribution is 5.78. The van der Waals surface area contributed by atoms with E-state index < -0.39 is 0 Å². The second-order valence-corrected chi connectivity index (χ2v) is 7.68. The molecule has 3 aromatic heterocycles. The quantitative estimate of drug-likeness (QED) is 0.693. The number of carbonyl (C=O) groups excluding carboxylic acids is 1. The number of hydrogen-bond acceptors (Lipinski definition) is 5. The number of likely N-dealkylation sites (tertiary alicyclic amines) is 1. The van der Waals surface area contributed by atoms with Crippen molar-refractivity contribution in [3.63, 3.8) is 0 Å². The Bertz CT molecular complexity index is 929. The largest absolute Gasteiger partial charge is 0.342 e. The molecule has 27 heavy (non-hydrogen) atoms. The average molecular weight is 367 g/mol. The molecule has 0 spiro atoms. The topological polar surface area (TPSA) is 76.5 Å². The summed E-state index contributed by atoms with van der Waals surface area (Å²) < 4.78 is 7.45. The lowest BCUT2D eigenvalue weighted by Crippen LogP contribution is -2.40. The molecule has 142 valence electrons. The predicted octanol–water partition coefficient (Wildman–Crippen LogP) is 2.86. The molecular formula is C20H25N5O2. The first-order chi connectivity index (χ1) is 13.1. The zero-order valence-electron chi connectivity index (χ0n) is 15.8. The van der Waals surface area contributed by atoms with E-state index in [-0.39, 0.29) is 11.8 Å². The van der Waals surface area contributed by atoms with Gasteiger partial charge in [0.1, 0.15) is 5.65 Å². The Morgan fingerprint density at radius 1 is 1.37 bits per heavy atom. The van der Waals surface area contributed by atoms with Crippen molar-refractivity contribution >= 4 is 11.6 Å². The fourth-order valence-corrected chi connectivity index (χ4v) is 3.67. The highest BCUT2D eigenvalue weighted by atomic mass is 16.5. The van der Waals surface area contributed by atoms with Crippen molar-refractivity contribution in [3.8, 4) is 0 Å². The van der Waals surface area contributed by atoms with E-state index in [1.165, 1.54) is 0 Å². The number of rotatable bonds is 5. The van der Waals surface area contributed by atoms with Gasteiger partial charge >= 0.3 is 0 Å². The lowest BCUT2D eigenvalue weighted by atomic mass is 9.97. The van der Waals surface area contributed by atoms with Crippen LogP contribution in [-0.4, -0.2) is 43.4 Å². The molecule has 0 unspecified atom stereocenters. The smallest absolute Gasteiger partial charge is 0.231 e. The Morgan fingerprint density at radius 3 is 3.11 bits per heavy atom. The number of imidazole rings is 1. The molecule has 1 saturated heterocycles. The van der Waals surface area contributed by atoms with Crippen molar-refractivity contribution in [1.29, 1.82) is 0 Å². The van der Waals surface area contributed by atoms with E-state index in [1.54, 1.807) is 6.20 Å². The van der Waals surface area contributed by atoms with Crippen molar-refractivity contribution in [2.24, 2.45) is 5.92 Å². The lowest BCUT2D eigenvalue weighted by molar-refractivity contribution is -0.131. The lowest BCUT2D eigenvalue weighted by Gasteiger charge is -2.31. The zero-order chi connectivity index (χ0) is 18.8. The van der Waals surface area contributed by atoms with Gasteiger partial charge in [-0.05, 0) is 30.9 Å². The normalized spacial score (nSPS) is 17.7. The number of nitrogens with zero attached hydrogens (tertiary/aromatic N) is 5. The van der Waals surface area contributed by atoms with E-state index in [9.17, 15) is 4.79 Å². The molecule has 1 atom stereocenters. The van der Waals surface area contributed by atoms with Crippen LogP contribution < -0.4 is 0 Å². The van der Waals surface area contributed by atoms with E-state index in [4.69, 9.17) is 4.52 Å². The summed E-state index contributed by atoms with van der Waals surface area (Å²) in [6.07, 6.45) is 6.81. The highest BCUT2D eigenvalue weighted by Crippen LogP contribution is 2.26. The number of aromatic nitrogens is 4. The van der Waals surface area contributed by atoms with E-state index in [0.717, 1.165) is 43.0 Å². The maximum Gasteiger partial charge on any atom is 0.231 e. The van der Waals surface area contributed by atoms with E-state index in [1.807, 2.05) is 33.7 Å². The van der Waals surface area contributed by atoms with Gasteiger partial charge in [-0.25, -0.2) is 4.98 Å². The molecule has 0 N–H and O–H groups in total. The Morgan fingerprint density at radius 2 is 2.26 bits per heavy atom. The number of amides is 1. The minimum Gasteiger partial charge on any atom is -0.342 e. The third-order valence-electron chi connectivity index (χ3n) is 5.02. The van der Waals surface area contributed by atoms with Crippen molar-refractivity contribution in [2.75, 3.05) is 13.1 Å². The molecule has 1 amide bonds. The van der Waals surface area contributed by atoms with Crippen LogP contribution in [0.3, 0.4) is 0 Å². The number of fused-ring (bicyclic) bond motifs is 1. The zero-order valence-corrected chi connectivity index (χ0v) is 15.8. The van der Waals surface area contributed by atoms with E-state index >= 15 is 0 Å². The second-order valence-electron chi connectivity index (χ2n) is 7.68. The van der Waals surface area contributed by atoms with E-state index in [2.05, 4.69) is 29.0 Å². The molecule has 7 nitrogen and oxygen atoms in total. The predicted molar refractivity (Wildman–Crippen MR) is 100 cm³/mol. The molecule has 1 aliphatic heterocycles. The van der Waals surface area contributed by atoms with Crippen molar-refractivity contribution < 1.29 is 9.32 Å². The number of pyridine rings is 1. The average Bonchev–Trinajstić information content (AvgIpc) is 3.29. The van der Waals surface area contributed by atoms with Crippen LogP contribution in [0.15, 0.2) is 35.1 Å². The van der Waals surface area contributed by atoms with Gasteiger partial charge in [0, 0.05) is 31.9 Å². The maximum absolute atomic E-state index is 12.9. The molecule has 1 aliphatic rings. The van der Waals surface area contributed by atoms with Crippen LogP contribution in [0.1, 0.15) is 50.0 Å². The Labute approximate surface area is 158 Å². The molecule has 3 aromatic rings. The summed E-state index contributed by atoms with van der Waals surface area (Å²) in [5.41, 5.74) is 1.77. The van der Waals surface area contributed by atoms with Gasteiger partial charge in [-0.1, -0.05) is 25.1 Å². The first kappa shape index (κ1) is 17.7. The Kier molecular flexibility index (Phi) is 4.92. The monoisotopic (exact) mass is 367 g/mol. The summed E-state index contributed by atoms with van der Waals surface area (Å²) in [6, 6.07) is 5.83. The third kappa shape index (κ3) is 3.86. The number of carbonyl (C=O) groups is 1. The van der Waals surface area contributed by atoms with Crippen LogP contribution in [0.25, 0.3) is 5.65 Å². The molecule has 7 heteroatoms. The van der Waals surface area contributed by atoms with Gasteiger partial charge in [-0.3, -0.25) is 4.79 Å². The SMILES string of the molecule is CC(C)Cc1noc([C@H]2CCCN(C(=O)Cc3cnc4ccccn34)C2)n1. The molecule has 0 bridgehead atoms. The molecule has 0 aromatic carbocycles. The molecule has 1 fully saturated rings. The number of piperidine rings is 1. The van der Waals surface area contributed by atoms with Crippen LogP contribution in [0.4, 0.5) is 0 Å². The van der Waals surface area contributed by atoms with Gasteiger partial charge in [0.15, 0.2) is 5.82 Å². The number of hydrogen-bond donors (Lipinski definition) is 0. The summed E-state index contributed by atoms with van der Waals surface area (Å²) in [5.74, 6) is 2.16. The molecule has 0 radical (unpaired) electrons. The molecule has 0 aliphatic carbocycles. The summed E-state index contributed by atoms with van der Waals surface area (Å²) in [5, 5.41) is 4.10. The summed E-state index contributed by atoms with van der Waals surface area (Å²) >= 11 is 0. The molecule has 4 rings (SSSR count). The van der Waals surface area contributed by atoms with Crippen LogP contribution >= 0.6 is 0 Å².